The summed E-state index contributed by atoms with van der Waals surface area (Å²) in [7, 11) is -2.10. The van der Waals surface area contributed by atoms with Gasteiger partial charge in [0.25, 0.3) is 0 Å². The smallest absolute Gasteiger partial charge is 0.306 e. The number of β-lactam (4-membered cyclic amide) rings is 1. The van der Waals surface area contributed by atoms with Crippen molar-refractivity contribution in [2.75, 3.05) is 6.54 Å². The van der Waals surface area contributed by atoms with Crippen LogP contribution in [0.25, 0.3) is 0 Å². The van der Waals surface area contributed by atoms with Crippen LogP contribution in [0.1, 0.15) is 57.9 Å². The van der Waals surface area contributed by atoms with Gasteiger partial charge < -0.3 is 9.30 Å². The van der Waals surface area contributed by atoms with Crippen molar-refractivity contribution in [3.63, 3.8) is 0 Å². The molecular formula is C23H35NO3Si. The third-order valence-corrected chi connectivity index (χ3v) is 12.5. The maximum Gasteiger partial charge on any atom is 0.306 e. The number of hydrogen-bond donors (Lipinski definition) is 0. The normalized spacial score (nSPS) is 20.9. The molecule has 0 aromatic heterocycles. The van der Waals surface area contributed by atoms with Gasteiger partial charge in [-0.05, 0) is 22.9 Å². The Morgan fingerprint density at radius 3 is 2.43 bits per heavy atom. The number of nitrogens with zero attached hydrogens (tertiary/aromatic N) is 1. The van der Waals surface area contributed by atoms with Crippen molar-refractivity contribution in [2.45, 2.75) is 77.1 Å². The summed E-state index contributed by atoms with van der Waals surface area (Å²) in [6.07, 6.45) is 6.67. The van der Waals surface area contributed by atoms with E-state index in [2.05, 4.69) is 31.5 Å². The van der Waals surface area contributed by atoms with Gasteiger partial charge in [0.15, 0.2) is 8.24 Å². The monoisotopic (exact) mass is 401 g/mol. The first kappa shape index (κ1) is 21.1. The number of benzene rings is 1. The van der Waals surface area contributed by atoms with E-state index in [1.807, 2.05) is 30.3 Å². The molecule has 1 aromatic rings. The molecule has 1 amide bonds. The van der Waals surface area contributed by atoms with E-state index >= 15 is 0 Å². The van der Waals surface area contributed by atoms with E-state index in [9.17, 15) is 9.59 Å². The molecule has 154 valence electrons. The first-order valence-corrected chi connectivity index (χ1v) is 13.7. The van der Waals surface area contributed by atoms with Crippen molar-refractivity contribution in [1.82, 2.24) is 4.57 Å². The van der Waals surface area contributed by atoms with Crippen LogP contribution in [0.2, 0.25) is 18.1 Å². The number of carbonyl (C=O) groups is 2. The Bertz CT molecular complexity index is 695. The molecule has 1 heterocycles. The quantitative estimate of drug-likeness (QED) is 0.344. The van der Waals surface area contributed by atoms with Gasteiger partial charge in [0.05, 0.1) is 5.92 Å². The molecule has 1 aliphatic heterocycles. The van der Waals surface area contributed by atoms with Crippen molar-refractivity contribution >= 4 is 20.1 Å². The fourth-order valence-electron chi connectivity index (χ4n) is 4.56. The fourth-order valence-corrected chi connectivity index (χ4v) is 7.27. The highest BCUT2D eigenvalue weighted by Gasteiger charge is 2.53. The molecule has 1 unspecified atom stereocenters. The molecule has 0 radical (unpaired) electrons. The van der Waals surface area contributed by atoms with Crippen LogP contribution >= 0.6 is 0 Å². The highest BCUT2D eigenvalue weighted by Crippen LogP contribution is 2.46. The Kier molecular flexibility index (Phi) is 6.33. The highest BCUT2D eigenvalue weighted by atomic mass is 28.3. The molecule has 3 rings (SSSR count). The Morgan fingerprint density at radius 1 is 1.18 bits per heavy atom. The average molecular weight is 402 g/mol. The van der Waals surface area contributed by atoms with Crippen molar-refractivity contribution in [3.8, 4) is 0 Å². The standard InChI is InChI=1S/C23H35NO3Si/c1-23(2,15-21(25)27-17-19-12-6-5-7-13-19)28(3,4)24-16-20(22(24)26)14-18-10-8-9-11-18/h5-7,12-13,18,20H,8-11,14-17H2,1-4H3. The van der Waals surface area contributed by atoms with Gasteiger partial charge in [-0.3, -0.25) is 9.59 Å². The van der Waals surface area contributed by atoms with E-state index in [1.54, 1.807) is 0 Å². The largest absolute Gasteiger partial charge is 0.461 e. The lowest BCUT2D eigenvalue weighted by atomic mass is 9.89. The van der Waals surface area contributed by atoms with Crippen LogP contribution in [0.5, 0.6) is 0 Å². The lowest BCUT2D eigenvalue weighted by Gasteiger charge is -2.54. The van der Waals surface area contributed by atoms with Gasteiger partial charge in [0.2, 0.25) is 5.91 Å². The average Bonchev–Trinajstić information content (AvgIpc) is 3.16. The SMILES string of the molecule is CC(C)(CC(=O)OCc1ccccc1)[Si](C)(C)N1CC(CC2CCCC2)C1=O. The summed E-state index contributed by atoms with van der Waals surface area (Å²) in [5.41, 5.74) is 0.998. The number of ether oxygens (including phenoxy) is 1. The molecular weight excluding hydrogens is 366 g/mol. The highest BCUT2D eigenvalue weighted by molar-refractivity contribution is 6.80. The van der Waals surface area contributed by atoms with Crippen LogP contribution in [-0.2, 0) is 20.9 Å². The summed E-state index contributed by atoms with van der Waals surface area (Å²) in [6.45, 7) is 9.89. The minimum Gasteiger partial charge on any atom is -0.461 e. The maximum absolute atomic E-state index is 12.9. The molecule has 0 N–H and O–H groups in total. The van der Waals surface area contributed by atoms with E-state index in [4.69, 9.17) is 4.74 Å². The van der Waals surface area contributed by atoms with Crippen molar-refractivity contribution in [3.05, 3.63) is 35.9 Å². The summed E-state index contributed by atoms with van der Waals surface area (Å²) >= 11 is 0. The van der Waals surface area contributed by atoms with E-state index < -0.39 is 8.24 Å². The molecule has 28 heavy (non-hydrogen) atoms. The lowest BCUT2D eigenvalue weighted by Crippen LogP contribution is -2.68. The van der Waals surface area contributed by atoms with Crippen LogP contribution in [0.4, 0.5) is 0 Å². The first-order chi connectivity index (χ1) is 13.2. The van der Waals surface area contributed by atoms with E-state index in [1.165, 1.54) is 25.7 Å². The number of hydrogen-bond acceptors (Lipinski definition) is 3. The molecule has 1 aromatic carbocycles. The zero-order chi connectivity index (χ0) is 20.4. The van der Waals surface area contributed by atoms with Gasteiger partial charge in [0.1, 0.15) is 6.61 Å². The van der Waals surface area contributed by atoms with Gasteiger partial charge >= 0.3 is 5.97 Å². The van der Waals surface area contributed by atoms with Gasteiger partial charge in [0, 0.05) is 13.0 Å². The van der Waals surface area contributed by atoms with Crippen LogP contribution in [0.3, 0.4) is 0 Å². The first-order valence-electron chi connectivity index (χ1n) is 10.7. The molecule has 4 nitrogen and oxygen atoms in total. The maximum atomic E-state index is 12.9. The predicted octanol–water partition coefficient (Wildman–Crippen LogP) is 5.14. The Hall–Kier alpha value is -1.62. The number of rotatable bonds is 8. The Morgan fingerprint density at radius 2 is 1.82 bits per heavy atom. The number of esters is 1. The van der Waals surface area contributed by atoms with Crippen LogP contribution in [0.15, 0.2) is 30.3 Å². The van der Waals surface area contributed by atoms with Crippen LogP contribution in [-0.4, -0.2) is 31.2 Å². The molecule has 1 saturated carbocycles. The van der Waals surface area contributed by atoms with Gasteiger partial charge in [-0.2, -0.15) is 0 Å². The van der Waals surface area contributed by atoms with Crippen molar-refractivity contribution in [1.29, 1.82) is 0 Å². The van der Waals surface area contributed by atoms with Gasteiger partial charge in [-0.1, -0.05) is 83.0 Å². The molecule has 5 heteroatoms. The van der Waals surface area contributed by atoms with E-state index in [-0.39, 0.29) is 16.9 Å². The summed E-state index contributed by atoms with van der Waals surface area (Å²) in [4.78, 5) is 25.4. The lowest BCUT2D eigenvalue weighted by molar-refractivity contribution is -0.147. The zero-order valence-corrected chi connectivity index (χ0v) is 18.9. The summed E-state index contributed by atoms with van der Waals surface area (Å²) < 4.78 is 7.63. The van der Waals surface area contributed by atoms with Crippen molar-refractivity contribution in [2.24, 2.45) is 11.8 Å². The Labute approximate surface area is 170 Å². The number of carbonyl (C=O) groups excluding carboxylic acids is 2. The zero-order valence-electron chi connectivity index (χ0n) is 17.9. The number of amides is 1. The second-order valence-electron chi connectivity index (χ2n) is 9.80. The van der Waals surface area contributed by atoms with E-state index in [0.717, 1.165) is 24.4 Å². The predicted molar refractivity (Wildman–Crippen MR) is 114 cm³/mol. The molecule has 0 bridgehead atoms. The third-order valence-electron chi connectivity index (χ3n) is 7.27. The molecule has 2 fully saturated rings. The van der Waals surface area contributed by atoms with Gasteiger partial charge in [-0.15, -0.1) is 0 Å². The van der Waals surface area contributed by atoms with E-state index in [0.29, 0.717) is 18.9 Å². The van der Waals surface area contributed by atoms with Crippen LogP contribution in [0, 0.1) is 11.8 Å². The summed E-state index contributed by atoms with van der Waals surface area (Å²) in [6, 6.07) is 9.76. The second-order valence-corrected chi connectivity index (χ2v) is 14.8. The molecule has 1 saturated heterocycles. The molecule has 1 atom stereocenters. The van der Waals surface area contributed by atoms with Crippen LogP contribution < -0.4 is 0 Å². The third kappa shape index (κ3) is 4.51. The minimum atomic E-state index is -2.10. The summed E-state index contributed by atoms with van der Waals surface area (Å²) in [5.74, 6) is 1.12. The van der Waals surface area contributed by atoms with Gasteiger partial charge in [-0.25, -0.2) is 0 Å². The Balaban J connectivity index is 1.52. The summed E-state index contributed by atoms with van der Waals surface area (Å²) in [5, 5.41) is -0.227. The molecule has 0 spiro atoms. The van der Waals surface area contributed by atoms with Crippen molar-refractivity contribution < 1.29 is 14.3 Å². The topological polar surface area (TPSA) is 46.6 Å². The molecule has 1 aliphatic carbocycles. The fraction of sp³-hybridized carbons (Fsp3) is 0.652. The molecule has 2 aliphatic rings. The minimum absolute atomic E-state index is 0.176. The second kappa shape index (κ2) is 8.40.